The van der Waals surface area contributed by atoms with Gasteiger partial charge in [-0.15, -0.1) is 0 Å². The van der Waals surface area contributed by atoms with Gasteiger partial charge in [0.05, 0.1) is 6.61 Å². The third-order valence-corrected chi connectivity index (χ3v) is 1.89. The Morgan fingerprint density at radius 3 is 2.71 bits per heavy atom. The lowest BCUT2D eigenvalue weighted by Crippen LogP contribution is -2.15. The van der Waals surface area contributed by atoms with E-state index in [2.05, 4.69) is 4.74 Å². The lowest BCUT2D eigenvalue weighted by molar-refractivity contribution is -0.151. The van der Waals surface area contributed by atoms with Gasteiger partial charge in [0.2, 0.25) is 0 Å². The Labute approximate surface area is 98.0 Å². The molecule has 0 bridgehead atoms. The van der Waals surface area contributed by atoms with Crippen molar-refractivity contribution < 1.29 is 24.5 Å². The minimum atomic E-state index is -1.03. The molecule has 0 aliphatic heterocycles. The van der Waals surface area contributed by atoms with E-state index in [9.17, 15) is 19.8 Å². The normalized spacial score (nSPS) is 11.0. The Kier molecular flexibility index (Phi) is 4.28. The first-order valence-corrected chi connectivity index (χ1v) is 4.95. The van der Waals surface area contributed by atoms with Crippen LogP contribution in [0.3, 0.4) is 0 Å². The van der Waals surface area contributed by atoms with Crippen LogP contribution >= 0.6 is 0 Å². The lowest BCUT2D eigenvalue weighted by Gasteiger charge is -2.01. The van der Waals surface area contributed by atoms with Crippen molar-refractivity contribution in [3.05, 3.63) is 35.9 Å². The molecule has 5 heteroatoms. The fourth-order valence-corrected chi connectivity index (χ4v) is 1.13. The van der Waals surface area contributed by atoms with Crippen molar-refractivity contribution in [2.45, 2.75) is 6.92 Å². The van der Waals surface area contributed by atoms with E-state index >= 15 is 0 Å². The molecule has 0 saturated heterocycles. The topological polar surface area (TPSA) is 83.8 Å². The summed E-state index contributed by atoms with van der Waals surface area (Å²) in [6.45, 7) is 1.66. The van der Waals surface area contributed by atoms with E-state index in [1.165, 1.54) is 24.3 Å². The lowest BCUT2D eigenvalue weighted by atomic mass is 10.1. The number of phenols is 1. The van der Waals surface area contributed by atoms with Crippen molar-refractivity contribution in [3.63, 3.8) is 0 Å². The van der Waals surface area contributed by atoms with Gasteiger partial charge in [0.1, 0.15) is 11.5 Å². The average molecular weight is 236 g/mol. The number of hydrogen-bond donors (Lipinski definition) is 2. The molecule has 1 rings (SSSR count). The molecule has 1 aromatic rings. The molecule has 0 radical (unpaired) electrons. The maximum atomic E-state index is 11.2. The number of hydrogen-bond acceptors (Lipinski definition) is 5. The summed E-state index contributed by atoms with van der Waals surface area (Å²) in [5.74, 6) is -2.43. The average Bonchev–Trinajstić information content (AvgIpc) is 2.29. The summed E-state index contributed by atoms with van der Waals surface area (Å²) in [6, 6.07) is 5.68. The van der Waals surface area contributed by atoms with Crippen molar-refractivity contribution in [2.24, 2.45) is 0 Å². The molecule has 5 nitrogen and oxygen atoms in total. The van der Waals surface area contributed by atoms with Crippen LogP contribution in [-0.4, -0.2) is 28.6 Å². The molecule has 0 fully saturated rings. The number of phenolic OH excluding ortho intramolecular Hbond substituents is 1. The Bertz CT molecular complexity index is 462. The van der Waals surface area contributed by atoms with Gasteiger partial charge in [0.15, 0.2) is 0 Å². The molecular weight excluding hydrogens is 224 g/mol. The molecular formula is C12H12O5. The molecule has 0 amide bonds. The fraction of sp³-hybridized carbons (Fsp3) is 0.167. The second-order valence-electron chi connectivity index (χ2n) is 3.16. The van der Waals surface area contributed by atoms with E-state index < -0.39 is 17.5 Å². The Morgan fingerprint density at radius 2 is 2.12 bits per heavy atom. The number of esters is 1. The van der Waals surface area contributed by atoms with Crippen LogP contribution in [0.2, 0.25) is 0 Å². The molecule has 0 spiro atoms. The van der Waals surface area contributed by atoms with Crippen molar-refractivity contribution >= 4 is 17.5 Å². The first-order valence-electron chi connectivity index (χ1n) is 4.95. The van der Waals surface area contributed by atoms with Crippen LogP contribution in [0, 0.1) is 0 Å². The van der Waals surface area contributed by atoms with Gasteiger partial charge in [-0.25, -0.2) is 4.79 Å². The van der Waals surface area contributed by atoms with Gasteiger partial charge in [-0.05, 0) is 19.1 Å². The maximum absolute atomic E-state index is 11.2. The molecule has 0 heterocycles. The first kappa shape index (κ1) is 12.8. The highest BCUT2D eigenvalue weighted by Crippen LogP contribution is 2.17. The number of rotatable bonds is 4. The highest BCUT2D eigenvalue weighted by Gasteiger charge is 2.13. The fourth-order valence-electron chi connectivity index (χ4n) is 1.13. The van der Waals surface area contributed by atoms with Crippen LogP contribution in [0.25, 0.3) is 5.76 Å². The van der Waals surface area contributed by atoms with Gasteiger partial charge >= 0.3 is 5.97 Å². The van der Waals surface area contributed by atoms with Gasteiger partial charge in [-0.1, -0.05) is 12.1 Å². The Morgan fingerprint density at radius 1 is 1.41 bits per heavy atom. The van der Waals surface area contributed by atoms with Crippen LogP contribution in [0.4, 0.5) is 0 Å². The summed E-state index contributed by atoms with van der Waals surface area (Å²) in [4.78, 5) is 22.2. The molecule has 0 unspecified atom stereocenters. The molecule has 1 aromatic carbocycles. The van der Waals surface area contributed by atoms with Crippen LogP contribution in [-0.2, 0) is 14.3 Å². The highest BCUT2D eigenvalue weighted by molar-refractivity contribution is 6.39. The monoisotopic (exact) mass is 236 g/mol. The molecule has 90 valence electrons. The van der Waals surface area contributed by atoms with Crippen LogP contribution in [0.5, 0.6) is 5.75 Å². The van der Waals surface area contributed by atoms with Crippen LogP contribution in [0.15, 0.2) is 30.3 Å². The quantitative estimate of drug-likeness (QED) is 0.357. The highest BCUT2D eigenvalue weighted by atomic mass is 16.5. The van der Waals surface area contributed by atoms with Gasteiger partial charge in [0, 0.05) is 11.6 Å². The zero-order valence-corrected chi connectivity index (χ0v) is 9.21. The number of carbonyl (C=O) groups excluding carboxylic acids is 2. The Balaban J connectivity index is 2.86. The summed E-state index contributed by atoms with van der Waals surface area (Å²) >= 11 is 0. The number of benzene rings is 1. The number of ketones is 1. The number of ether oxygens (including phenoxy) is 1. The number of aliphatic hydroxyl groups excluding tert-OH is 1. The standard InChI is InChI=1S/C12H12O5/c1-2-17-12(16)11(15)7-10(14)8-4-3-5-9(13)6-8/h3-7,13-14H,2H2,1H3/b10-7-. The third kappa shape index (κ3) is 3.64. The van der Waals surface area contributed by atoms with Crippen LogP contribution < -0.4 is 0 Å². The van der Waals surface area contributed by atoms with E-state index in [-0.39, 0.29) is 17.9 Å². The molecule has 17 heavy (non-hydrogen) atoms. The second kappa shape index (κ2) is 5.69. The first-order chi connectivity index (χ1) is 8.04. The summed E-state index contributed by atoms with van der Waals surface area (Å²) in [6.07, 6.45) is 0.757. The van der Waals surface area contributed by atoms with E-state index in [1.807, 2.05) is 0 Å². The second-order valence-corrected chi connectivity index (χ2v) is 3.16. The molecule has 0 aliphatic carbocycles. The van der Waals surface area contributed by atoms with E-state index in [0.29, 0.717) is 0 Å². The van der Waals surface area contributed by atoms with Gasteiger partial charge < -0.3 is 14.9 Å². The predicted octanol–water partition coefficient (Wildman–Crippen LogP) is 1.42. The van der Waals surface area contributed by atoms with E-state index in [1.54, 1.807) is 6.92 Å². The van der Waals surface area contributed by atoms with Gasteiger partial charge in [0.25, 0.3) is 5.78 Å². The van der Waals surface area contributed by atoms with Crippen molar-refractivity contribution in [3.8, 4) is 5.75 Å². The largest absolute Gasteiger partial charge is 0.508 e. The predicted molar refractivity (Wildman–Crippen MR) is 60.4 cm³/mol. The van der Waals surface area contributed by atoms with Crippen molar-refractivity contribution in [1.29, 1.82) is 0 Å². The summed E-state index contributed by atoms with van der Waals surface area (Å²) in [7, 11) is 0. The summed E-state index contributed by atoms with van der Waals surface area (Å²) < 4.78 is 4.47. The maximum Gasteiger partial charge on any atom is 0.379 e. The summed E-state index contributed by atoms with van der Waals surface area (Å²) in [5.41, 5.74) is 0.239. The molecule has 0 saturated carbocycles. The number of aliphatic hydroxyl groups is 1. The molecule has 0 aromatic heterocycles. The number of carbonyl (C=O) groups is 2. The minimum absolute atomic E-state index is 0.0500. The van der Waals surface area contributed by atoms with Crippen molar-refractivity contribution in [1.82, 2.24) is 0 Å². The van der Waals surface area contributed by atoms with Gasteiger partial charge in [-0.3, -0.25) is 4.79 Å². The minimum Gasteiger partial charge on any atom is -0.508 e. The van der Waals surface area contributed by atoms with Crippen molar-refractivity contribution in [2.75, 3.05) is 6.61 Å². The van der Waals surface area contributed by atoms with Crippen LogP contribution in [0.1, 0.15) is 12.5 Å². The number of aromatic hydroxyl groups is 1. The zero-order chi connectivity index (χ0) is 12.8. The molecule has 2 N–H and O–H groups in total. The smallest absolute Gasteiger partial charge is 0.379 e. The van der Waals surface area contributed by atoms with E-state index in [0.717, 1.165) is 6.08 Å². The van der Waals surface area contributed by atoms with Gasteiger partial charge in [-0.2, -0.15) is 0 Å². The zero-order valence-electron chi connectivity index (χ0n) is 9.21. The van der Waals surface area contributed by atoms with E-state index in [4.69, 9.17) is 0 Å². The molecule has 0 aliphatic rings. The summed E-state index contributed by atoms with van der Waals surface area (Å²) in [5, 5.41) is 18.7. The SMILES string of the molecule is CCOC(=O)C(=O)/C=C(\O)c1cccc(O)c1. The molecule has 0 atom stereocenters. The third-order valence-electron chi connectivity index (χ3n) is 1.89. The Hall–Kier alpha value is -2.30.